The standard InChI is InChI=1S/C25H28ClFN6O5S/c1-32-9-8-28-22(32)21-29-17(12-33-13-25(6-7-25)11-18(33)23(34)31-39(3,36)37)19(24(35)38-2)20(30-21)15-5-4-14(27)10-16(15)26/h4-5,8-10,18,20H,6-7,11-13H2,1-3H3,(H,29,30)(H,31,34)/t18-,20-/m0/s1. The first kappa shape index (κ1) is 27.3. The maximum Gasteiger partial charge on any atom is 0.338 e. The molecule has 208 valence electrons. The van der Waals surface area contributed by atoms with Gasteiger partial charge in [0.2, 0.25) is 10.0 Å². The number of nitrogens with one attached hydrogen (secondary N) is 2. The Balaban J connectivity index is 1.59. The molecule has 0 bridgehead atoms. The van der Waals surface area contributed by atoms with E-state index in [4.69, 9.17) is 21.3 Å². The highest BCUT2D eigenvalue weighted by Crippen LogP contribution is 2.55. The Morgan fingerprint density at radius 3 is 2.67 bits per heavy atom. The third-order valence-electron chi connectivity index (χ3n) is 7.33. The van der Waals surface area contributed by atoms with Crippen molar-refractivity contribution >= 4 is 39.3 Å². The highest BCUT2D eigenvalue weighted by molar-refractivity contribution is 7.89. The van der Waals surface area contributed by atoms with Crippen molar-refractivity contribution in [3.63, 3.8) is 0 Å². The lowest BCUT2D eigenvalue weighted by molar-refractivity contribution is -0.136. The fourth-order valence-corrected chi connectivity index (χ4v) is 6.06. The molecule has 1 saturated carbocycles. The molecule has 2 fully saturated rings. The first-order valence-electron chi connectivity index (χ1n) is 12.2. The monoisotopic (exact) mass is 578 g/mol. The number of nitrogens with zero attached hydrogens (tertiary/aromatic N) is 4. The predicted molar refractivity (Wildman–Crippen MR) is 141 cm³/mol. The third-order valence-corrected chi connectivity index (χ3v) is 8.23. The molecule has 1 aliphatic carbocycles. The molecule has 11 nitrogen and oxygen atoms in total. The summed E-state index contributed by atoms with van der Waals surface area (Å²) in [7, 11) is -0.734. The minimum absolute atomic E-state index is 0.0730. The van der Waals surface area contributed by atoms with E-state index < -0.39 is 39.8 Å². The number of methoxy groups -OCH3 is 1. The lowest BCUT2D eigenvalue weighted by Crippen LogP contribution is -2.47. The van der Waals surface area contributed by atoms with Gasteiger partial charge in [0.25, 0.3) is 5.91 Å². The van der Waals surface area contributed by atoms with E-state index in [1.54, 1.807) is 24.0 Å². The molecule has 3 aliphatic rings. The van der Waals surface area contributed by atoms with E-state index in [2.05, 4.69) is 15.0 Å². The summed E-state index contributed by atoms with van der Waals surface area (Å²) in [5, 5.41) is 3.29. The number of carbonyl (C=O) groups excluding carboxylic acids is 2. The highest BCUT2D eigenvalue weighted by atomic mass is 35.5. The molecular weight excluding hydrogens is 551 g/mol. The second kappa shape index (κ2) is 10.0. The SMILES string of the molecule is COC(=O)C1=C(CN2CC3(CC3)C[C@H]2C(=O)NS(C)(=O)=O)NC(c2nccn2C)=N[C@H]1c1ccc(F)cc1Cl. The summed E-state index contributed by atoms with van der Waals surface area (Å²) in [4.78, 5) is 37.2. The Kier molecular flexibility index (Phi) is 7.02. The van der Waals surface area contributed by atoms with E-state index in [0.29, 0.717) is 35.9 Å². The lowest BCUT2D eigenvalue weighted by Gasteiger charge is -2.31. The van der Waals surface area contributed by atoms with Crippen LogP contribution in [-0.4, -0.2) is 73.1 Å². The van der Waals surface area contributed by atoms with Crippen molar-refractivity contribution in [2.24, 2.45) is 17.5 Å². The topological polar surface area (TPSA) is 135 Å². The molecule has 2 N–H and O–H groups in total. The highest BCUT2D eigenvalue weighted by Gasteiger charge is 2.54. The summed E-state index contributed by atoms with van der Waals surface area (Å²) >= 11 is 6.42. The first-order valence-corrected chi connectivity index (χ1v) is 14.5. The molecule has 1 aromatic carbocycles. The van der Waals surface area contributed by atoms with Crippen molar-refractivity contribution in [2.45, 2.75) is 31.3 Å². The smallest absolute Gasteiger partial charge is 0.338 e. The number of hydrogen-bond donors (Lipinski definition) is 2. The predicted octanol–water partition coefficient (Wildman–Crippen LogP) is 1.66. The van der Waals surface area contributed by atoms with Crippen molar-refractivity contribution < 1.29 is 27.1 Å². The molecule has 2 aliphatic heterocycles. The Bertz CT molecular complexity index is 1520. The first-order chi connectivity index (χ1) is 18.4. The number of imidazole rings is 1. The average molecular weight is 579 g/mol. The number of benzene rings is 1. The number of aliphatic imine (C=N–C) groups is 1. The maximum absolute atomic E-state index is 13.9. The van der Waals surface area contributed by atoms with Crippen LogP contribution in [0.3, 0.4) is 0 Å². The van der Waals surface area contributed by atoms with E-state index in [1.807, 2.05) is 4.90 Å². The molecule has 2 aromatic rings. The minimum atomic E-state index is -3.76. The number of amidine groups is 1. The number of sulfonamides is 1. The van der Waals surface area contributed by atoms with Crippen LogP contribution in [0.15, 0.2) is 46.9 Å². The van der Waals surface area contributed by atoms with Gasteiger partial charge in [0.05, 0.1) is 25.0 Å². The van der Waals surface area contributed by atoms with Crippen molar-refractivity contribution in [3.05, 3.63) is 64.1 Å². The van der Waals surface area contributed by atoms with Gasteiger partial charge in [0.1, 0.15) is 11.9 Å². The van der Waals surface area contributed by atoms with Gasteiger partial charge in [-0.15, -0.1) is 0 Å². The van der Waals surface area contributed by atoms with Gasteiger partial charge in [-0.2, -0.15) is 0 Å². The number of ether oxygens (including phenoxy) is 1. The molecule has 2 atom stereocenters. The van der Waals surface area contributed by atoms with E-state index >= 15 is 0 Å². The fraction of sp³-hybridized carbons (Fsp3) is 0.440. The van der Waals surface area contributed by atoms with Crippen LogP contribution in [-0.2, 0) is 31.4 Å². The largest absolute Gasteiger partial charge is 0.466 e. The summed E-state index contributed by atoms with van der Waals surface area (Å²) in [6, 6.07) is 2.15. The number of amides is 1. The van der Waals surface area contributed by atoms with Crippen molar-refractivity contribution in [3.8, 4) is 0 Å². The van der Waals surface area contributed by atoms with E-state index in [-0.39, 0.29) is 22.6 Å². The van der Waals surface area contributed by atoms with Gasteiger partial charge in [0, 0.05) is 48.8 Å². The summed E-state index contributed by atoms with van der Waals surface area (Å²) in [6.45, 7) is 0.637. The number of aryl methyl sites for hydroxylation is 1. The number of esters is 1. The minimum Gasteiger partial charge on any atom is -0.466 e. The number of aromatic nitrogens is 2. The summed E-state index contributed by atoms with van der Waals surface area (Å²) in [5.41, 5.74) is 0.852. The summed E-state index contributed by atoms with van der Waals surface area (Å²) in [6.07, 6.45) is 6.63. The number of halogens is 2. The second-order valence-electron chi connectivity index (χ2n) is 10.3. The number of likely N-dealkylation sites (tertiary alicyclic amines) is 1. The number of hydrogen-bond acceptors (Lipinski definition) is 9. The Hall–Kier alpha value is -3.29. The lowest BCUT2D eigenvalue weighted by atomic mass is 9.95. The average Bonchev–Trinajstić information content (AvgIpc) is 3.30. The number of carbonyl (C=O) groups is 2. The zero-order valence-electron chi connectivity index (χ0n) is 21.6. The molecule has 0 unspecified atom stereocenters. The van der Waals surface area contributed by atoms with Gasteiger partial charge in [-0.3, -0.25) is 19.4 Å². The Labute approximate surface area is 230 Å². The van der Waals surface area contributed by atoms with Crippen LogP contribution in [0.2, 0.25) is 5.02 Å². The molecule has 5 rings (SSSR count). The van der Waals surface area contributed by atoms with Gasteiger partial charge in [0.15, 0.2) is 11.7 Å². The Morgan fingerprint density at radius 1 is 1.33 bits per heavy atom. The van der Waals surface area contributed by atoms with E-state index in [1.165, 1.54) is 19.2 Å². The van der Waals surface area contributed by atoms with Crippen molar-refractivity contribution in [1.29, 1.82) is 0 Å². The van der Waals surface area contributed by atoms with Gasteiger partial charge >= 0.3 is 5.97 Å². The fourth-order valence-electron chi connectivity index (χ4n) is 5.29. The van der Waals surface area contributed by atoms with Crippen LogP contribution in [0.4, 0.5) is 4.39 Å². The molecule has 3 heterocycles. The molecule has 0 radical (unpaired) electrons. The van der Waals surface area contributed by atoms with Gasteiger partial charge in [-0.25, -0.2) is 22.6 Å². The normalized spacial score (nSPS) is 22.4. The molecule has 1 saturated heterocycles. The van der Waals surface area contributed by atoms with Gasteiger partial charge in [-0.05, 0) is 36.8 Å². The summed E-state index contributed by atoms with van der Waals surface area (Å²) < 4.78 is 46.5. The van der Waals surface area contributed by atoms with Crippen LogP contribution in [0.1, 0.15) is 36.7 Å². The van der Waals surface area contributed by atoms with Crippen LogP contribution < -0.4 is 10.0 Å². The number of rotatable bonds is 7. The molecule has 1 aromatic heterocycles. The van der Waals surface area contributed by atoms with Crippen LogP contribution in [0, 0.1) is 11.2 Å². The molecule has 1 amide bonds. The van der Waals surface area contributed by atoms with Crippen molar-refractivity contribution in [1.82, 2.24) is 24.5 Å². The van der Waals surface area contributed by atoms with E-state index in [9.17, 15) is 22.4 Å². The van der Waals surface area contributed by atoms with Gasteiger partial charge < -0.3 is 14.6 Å². The maximum atomic E-state index is 13.9. The quantitative estimate of drug-likeness (QED) is 0.474. The molecular formula is C25H28ClFN6O5S. The van der Waals surface area contributed by atoms with E-state index in [0.717, 1.165) is 25.2 Å². The Morgan fingerprint density at radius 2 is 2.08 bits per heavy atom. The third kappa shape index (κ3) is 5.56. The van der Waals surface area contributed by atoms with Crippen LogP contribution in [0.25, 0.3) is 0 Å². The molecule has 1 spiro atoms. The van der Waals surface area contributed by atoms with Gasteiger partial charge in [-0.1, -0.05) is 17.7 Å². The van der Waals surface area contributed by atoms with Crippen molar-refractivity contribution in [2.75, 3.05) is 26.5 Å². The second-order valence-corrected chi connectivity index (χ2v) is 12.4. The molecule has 14 heteroatoms. The zero-order chi connectivity index (χ0) is 28.1. The van der Waals surface area contributed by atoms with Crippen LogP contribution >= 0.6 is 11.6 Å². The zero-order valence-corrected chi connectivity index (χ0v) is 23.1. The molecule has 39 heavy (non-hydrogen) atoms. The summed E-state index contributed by atoms with van der Waals surface area (Å²) in [5.74, 6) is -1.02. The van der Waals surface area contributed by atoms with Crippen LogP contribution in [0.5, 0.6) is 0 Å².